The molecule has 3 rings (SSSR count). The first kappa shape index (κ1) is 20.3. The molecule has 0 aliphatic heterocycles. The molecule has 0 unspecified atom stereocenters. The Hall–Kier alpha value is -3.43. The predicted octanol–water partition coefficient (Wildman–Crippen LogP) is 4.12. The molecule has 1 amide bonds. The number of amides is 1. The van der Waals surface area contributed by atoms with Crippen LogP contribution in [0.15, 0.2) is 54.9 Å². The smallest absolute Gasteiger partial charge is 0.334 e. The SMILES string of the molecule is O=C(Cc1ccccc1)NNc1ncnc(Nc2cc(Cl)cc(Cl)c2)c1[N+](=O)[O-]. The second-order valence-corrected chi connectivity index (χ2v) is 6.67. The van der Waals surface area contributed by atoms with Gasteiger partial charge in [-0.2, -0.15) is 0 Å². The molecule has 0 aliphatic carbocycles. The molecule has 0 bridgehead atoms. The Kier molecular flexibility index (Phi) is 6.43. The molecule has 148 valence electrons. The van der Waals surface area contributed by atoms with E-state index in [-0.39, 0.29) is 24.0 Å². The third-order valence-electron chi connectivity index (χ3n) is 3.66. The molecule has 3 aromatic rings. The van der Waals surface area contributed by atoms with Crippen molar-refractivity contribution in [2.24, 2.45) is 0 Å². The van der Waals surface area contributed by atoms with Crippen molar-refractivity contribution < 1.29 is 9.72 Å². The molecular formula is C18H14Cl2N6O3. The maximum Gasteiger partial charge on any atom is 0.355 e. The van der Waals surface area contributed by atoms with Crippen molar-refractivity contribution >= 4 is 52.1 Å². The molecule has 0 fully saturated rings. The van der Waals surface area contributed by atoms with E-state index in [0.717, 1.165) is 11.9 Å². The summed E-state index contributed by atoms with van der Waals surface area (Å²) in [5.74, 6) is -0.662. The average molecular weight is 433 g/mol. The summed E-state index contributed by atoms with van der Waals surface area (Å²) in [7, 11) is 0. The largest absolute Gasteiger partial charge is 0.355 e. The van der Waals surface area contributed by atoms with Crippen molar-refractivity contribution in [3.63, 3.8) is 0 Å². The fraction of sp³-hybridized carbons (Fsp3) is 0.0556. The summed E-state index contributed by atoms with van der Waals surface area (Å²) in [5.41, 5.74) is 5.62. The van der Waals surface area contributed by atoms with Crippen LogP contribution in [0.5, 0.6) is 0 Å². The summed E-state index contributed by atoms with van der Waals surface area (Å²) in [4.78, 5) is 30.8. The lowest BCUT2D eigenvalue weighted by atomic mass is 10.1. The van der Waals surface area contributed by atoms with Crippen LogP contribution in [-0.4, -0.2) is 20.8 Å². The van der Waals surface area contributed by atoms with Crippen LogP contribution >= 0.6 is 23.2 Å². The Morgan fingerprint density at radius 1 is 1.03 bits per heavy atom. The Labute approximate surface area is 175 Å². The van der Waals surface area contributed by atoms with Crippen LogP contribution in [0.2, 0.25) is 10.0 Å². The molecule has 1 heterocycles. The molecule has 0 saturated carbocycles. The number of carbonyl (C=O) groups is 1. The first-order chi connectivity index (χ1) is 13.9. The Morgan fingerprint density at radius 2 is 1.69 bits per heavy atom. The van der Waals surface area contributed by atoms with Crippen molar-refractivity contribution in [1.82, 2.24) is 15.4 Å². The third-order valence-corrected chi connectivity index (χ3v) is 4.09. The van der Waals surface area contributed by atoms with Crippen molar-refractivity contribution in [2.45, 2.75) is 6.42 Å². The van der Waals surface area contributed by atoms with Gasteiger partial charge in [0, 0.05) is 15.7 Å². The standard InChI is InChI=1S/C18H14Cl2N6O3/c19-12-7-13(20)9-14(8-12)23-17-16(26(28)29)18(22-10-21-17)25-24-15(27)6-11-4-2-1-3-5-11/h1-5,7-10H,6H2,(H,24,27)(H2,21,22,23,25). The van der Waals surface area contributed by atoms with E-state index in [4.69, 9.17) is 23.2 Å². The van der Waals surface area contributed by atoms with Gasteiger partial charge in [0.1, 0.15) is 6.33 Å². The zero-order valence-corrected chi connectivity index (χ0v) is 16.2. The minimum Gasteiger partial charge on any atom is -0.334 e. The minimum atomic E-state index is -0.666. The minimum absolute atomic E-state index is 0.0943. The van der Waals surface area contributed by atoms with Crippen molar-refractivity contribution in [3.05, 3.63) is 80.6 Å². The topological polar surface area (TPSA) is 122 Å². The molecule has 11 heteroatoms. The van der Waals surface area contributed by atoms with E-state index in [9.17, 15) is 14.9 Å². The number of anilines is 3. The summed E-state index contributed by atoms with van der Waals surface area (Å²) < 4.78 is 0. The highest BCUT2D eigenvalue weighted by Gasteiger charge is 2.23. The number of hydrogen-bond donors (Lipinski definition) is 3. The second-order valence-electron chi connectivity index (χ2n) is 5.80. The number of carbonyl (C=O) groups excluding carboxylic acids is 1. The van der Waals surface area contributed by atoms with E-state index in [2.05, 4.69) is 26.1 Å². The molecule has 1 aromatic heterocycles. The molecule has 9 nitrogen and oxygen atoms in total. The van der Waals surface area contributed by atoms with Crippen LogP contribution in [0.1, 0.15) is 5.56 Å². The van der Waals surface area contributed by atoms with Gasteiger partial charge in [-0.25, -0.2) is 9.97 Å². The number of halogens is 2. The third kappa shape index (κ3) is 5.53. The second kappa shape index (κ2) is 9.18. The monoisotopic (exact) mass is 432 g/mol. The van der Waals surface area contributed by atoms with E-state index >= 15 is 0 Å². The number of benzene rings is 2. The number of nitro groups is 1. The fourth-order valence-corrected chi connectivity index (χ4v) is 2.98. The van der Waals surface area contributed by atoms with E-state index in [1.807, 2.05) is 18.2 Å². The zero-order chi connectivity index (χ0) is 20.8. The number of rotatable bonds is 7. The quantitative estimate of drug-likeness (QED) is 0.378. The van der Waals surface area contributed by atoms with E-state index in [1.165, 1.54) is 18.2 Å². The fourth-order valence-electron chi connectivity index (χ4n) is 2.45. The summed E-state index contributed by atoms with van der Waals surface area (Å²) in [6.07, 6.45) is 1.21. The van der Waals surface area contributed by atoms with E-state index in [1.54, 1.807) is 12.1 Å². The van der Waals surface area contributed by atoms with E-state index in [0.29, 0.717) is 15.7 Å². The summed E-state index contributed by atoms with van der Waals surface area (Å²) in [5, 5.41) is 15.1. The Morgan fingerprint density at radius 3 is 2.34 bits per heavy atom. The lowest BCUT2D eigenvalue weighted by molar-refractivity contribution is -0.383. The Balaban J connectivity index is 1.77. The predicted molar refractivity (Wildman–Crippen MR) is 110 cm³/mol. The first-order valence-corrected chi connectivity index (χ1v) is 8.99. The van der Waals surface area contributed by atoms with Gasteiger partial charge in [-0.1, -0.05) is 53.5 Å². The van der Waals surface area contributed by atoms with E-state index < -0.39 is 10.6 Å². The van der Waals surface area contributed by atoms with Gasteiger partial charge in [-0.05, 0) is 23.8 Å². The highest BCUT2D eigenvalue weighted by molar-refractivity contribution is 6.35. The molecule has 2 aromatic carbocycles. The maximum atomic E-state index is 12.1. The van der Waals surface area contributed by atoms with Crippen LogP contribution < -0.4 is 16.2 Å². The van der Waals surface area contributed by atoms with Gasteiger partial charge in [0.2, 0.25) is 17.5 Å². The molecule has 29 heavy (non-hydrogen) atoms. The van der Waals surface area contributed by atoms with Gasteiger partial charge in [-0.15, -0.1) is 0 Å². The average Bonchev–Trinajstić information content (AvgIpc) is 2.66. The highest BCUT2D eigenvalue weighted by atomic mass is 35.5. The van der Waals surface area contributed by atoms with Crippen LogP contribution in [-0.2, 0) is 11.2 Å². The molecule has 0 atom stereocenters. The molecule has 0 spiro atoms. The summed E-state index contributed by atoms with van der Waals surface area (Å²) >= 11 is 11.9. The van der Waals surface area contributed by atoms with Gasteiger partial charge in [0.15, 0.2) is 0 Å². The molecular weight excluding hydrogens is 419 g/mol. The number of nitrogens with zero attached hydrogens (tertiary/aromatic N) is 3. The van der Waals surface area contributed by atoms with Crippen LogP contribution in [0.3, 0.4) is 0 Å². The number of aromatic nitrogens is 2. The highest BCUT2D eigenvalue weighted by Crippen LogP contribution is 2.32. The molecule has 3 N–H and O–H groups in total. The zero-order valence-electron chi connectivity index (χ0n) is 14.7. The van der Waals surface area contributed by atoms with Crippen LogP contribution in [0, 0.1) is 10.1 Å². The van der Waals surface area contributed by atoms with Crippen molar-refractivity contribution in [3.8, 4) is 0 Å². The molecule has 0 saturated heterocycles. The van der Waals surface area contributed by atoms with Gasteiger partial charge in [-0.3, -0.25) is 25.8 Å². The first-order valence-electron chi connectivity index (χ1n) is 8.23. The summed E-state index contributed by atoms with van der Waals surface area (Å²) in [6.45, 7) is 0. The number of hydrazine groups is 1. The number of nitrogens with one attached hydrogen (secondary N) is 3. The maximum absolute atomic E-state index is 12.1. The Bertz CT molecular complexity index is 1030. The van der Waals surface area contributed by atoms with Crippen LogP contribution in [0.4, 0.5) is 23.0 Å². The van der Waals surface area contributed by atoms with Gasteiger partial charge in [0.25, 0.3) is 0 Å². The molecule has 0 radical (unpaired) electrons. The van der Waals surface area contributed by atoms with Crippen molar-refractivity contribution in [2.75, 3.05) is 10.7 Å². The number of hydrogen-bond acceptors (Lipinski definition) is 7. The lowest BCUT2D eigenvalue weighted by Gasteiger charge is -2.11. The van der Waals surface area contributed by atoms with Gasteiger partial charge < -0.3 is 5.32 Å². The molecule has 0 aliphatic rings. The van der Waals surface area contributed by atoms with Gasteiger partial charge in [0.05, 0.1) is 11.3 Å². The van der Waals surface area contributed by atoms with Crippen LogP contribution in [0.25, 0.3) is 0 Å². The normalized spacial score (nSPS) is 10.3. The van der Waals surface area contributed by atoms with Gasteiger partial charge >= 0.3 is 5.69 Å². The summed E-state index contributed by atoms with van der Waals surface area (Å²) in [6, 6.07) is 13.7. The van der Waals surface area contributed by atoms with Crippen molar-refractivity contribution in [1.29, 1.82) is 0 Å². The lowest BCUT2D eigenvalue weighted by Crippen LogP contribution is -2.31.